The summed E-state index contributed by atoms with van der Waals surface area (Å²) in [6.45, 7) is 3.16. The van der Waals surface area contributed by atoms with Gasteiger partial charge in [-0.05, 0) is 44.4 Å². The van der Waals surface area contributed by atoms with Gasteiger partial charge in [-0.25, -0.2) is 14.8 Å². The fourth-order valence-electron chi connectivity index (χ4n) is 3.04. The summed E-state index contributed by atoms with van der Waals surface area (Å²) in [6, 6.07) is 7.43. The summed E-state index contributed by atoms with van der Waals surface area (Å²) in [4.78, 5) is 22.3. The molecule has 0 saturated carbocycles. The molecule has 1 N–H and O–H groups in total. The fraction of sp³-hybridized carbons (Fsp3) is 0.350. The number of aryl methyl sites for hydroxylation is 1. The summed E-state index contributed by atoms with van der Waals surface area (Å²) < 4.78 is 11.4. The predicted molar refractivity (Wildman–Crippen MR) is 109 cm³/mol. The van der Waals surface area contributed by atoms with Gasteiger partial charge in [0.15, 0.2) is 6.29 Å². The van der Waals surface area contributed by atoms with Crippen LogP contribution < -0.4 is 0 Å². The topological polar surface area (TPSA) is 81.5 Å². The highest BCUT2D eigenvalue weighted by Gasteiger charge is 2.17. The SMILES string of the molecule is Cc1nc(COC2CCCCO2)sc1-c1cccc(-c2cc(C(=O)O)cs2)n1. The summed E-state index contributed by atoms with van der Waals surface area (Å²) in [5.41, 5.74) is 2.79. The van der Waals surface area contributed by atoms with E-state index in [1.807, 2.05) is 25.1 Å². The first kappa shape index (κ1) is 19.2. The van der Waals surface area contributed by atoms with E-state index in [0.717, 1.165) is 57.7 Å². The number of ether oxygens (including phenoxy) is 2. The molecular weight excluding hydrogens is 396 g/mol. The highest BCUT2D eigenvalue weighted by molar-refractivity contribution is 7.15. The van der Waals surface area contributed by atoms with E-state index in [9.17, 15) is 4.79 Å². The van der Waals surface area contributed by atoms with Gasteiger partial charge in [-0.3, -0.25) is 0 Å². The molecule has 0 bridgehead atoms. The Labute approximate surface area is 170 Å². The zero-order valence-corrected chi connectivity index (χ0v) is 17.0. The number of nitrogens with zero attached hydrogens (tertiary/aromatic N) is 2. The summed E-state index contributed by atoms with van der Waals surface area (Å²) in [6.07, 6.45) is 3.03. The molecule has 0 spiro atoms. The number of pyridine rings is 1. The minimum Gasteiger partial charge on any atom is -0.478 e. The van der Waals surface area contributed by atoms with Gasteiger partial charge in [0.2, 0.25) is 0 Å². The van der Waals surface area contributed by atoms with E-state index in [-0.39, 0.29) is 11.9 Å². The monoisotopic (exact) mass is 416 g/mol. The molecule has 1 aliphatic heterocycles. The Hall–Kier alpha value is -2.13. The third kappa shape index (κ3) is 4.30. The van der Waals surface area contributed by atoms with Gasteiger partial charge in [0.1, 0.15) is 11.6 Å². The van der Waals surface area contributed by atoms with Crippen LogP contribution in [-0.2, 0) is 16.1 Å². The number of aromatic nitrogens is 2. The van der Waals surface area contributed by atoms with Crippen LogP contribution in [-0.4, -0.2) is 33.9 Å². The quantitative estimate of drug-likeness (QED) is 0.610. The predicted octanol–water partition coefficient (Wildman–Crippen LogP) is 4.98. The molecule has 0 aliphatic carbocycles. The second-order valence-electron chi connectivity index (χ2n) is 6.54. The van der Waals surface area contributed by atoms with Gasteiger partial charge in [0.05, 0.1) is 32.4 Å². The van der Waals surface area contributed by atoms with Gasteiger partial charge in [-0.15, -0.1) is 22.7 Å². The second-order valence-corrected chi connectivity index (χ2v) is 8.54. The average molecular weight is 417 g/mol. The van der Waals surface area contributed by atoms with Gasteiger partial charge >= 0.3 is 5.97 Å². The van der Waals surface area contributed by atoms with Crippen molar-refractivity contribution in [2.24, 2.45) is 0 Å². The third-order valence-electron chi connectivity index (χ3n) is 4.45. The number of thiazole rings is 1. The summed E-state index contributed by atoms with van der Waals surface area (Å²) in [7, 11) is 0. The molecule has 1 atom stereocenters. The van der Waals surface area contributed by atoms with E-state index in [4.69, 9.17) is 19.6 Å². The van der Waals surface area contributed by atoms with E-state index in [1.165, 1.54) is 11.3 Å². The lowest BCUT2D eigenvalue weighted by Gasteiger charge is -2.22. The number of carbonyl (C=O) groups is 1. The Morgan fingerprint density at radius 1 is 1.32 bits per heavy atom. The van der Waals surface area contributed by atoms with Crippen molar-refractivity contribution in [3.63, 3.8) is 0 Å². The summed E-state index contributed by atoms with van der Waals surface area (Å²) in [5, 5.41) is 11.7. The summed E-state index contributed by atoms with van der Waals surface area (Å²) >= 11 is 2.95. The number of aromatic carboxylic acids is 1. The lowest BCUT2D eigenvalue weighted by atomic mass is 10.2. The fourth-order valence-corrected chi connectivity index (χ4v) is 4.85. The zero-order valence-electron chi connectivity index (χ0n) is 15.4. The molecule has 6 nitrogen and oxygen atoms in total. The van der Waals surface area contributed by atoms with Gasteiger partial charge in [-0.1, -0.05) is 6.07 Å². The molecule has 1 fully saturated rings. The van der Waals surface area contributed by atoms with Crippen LogP contribution in [0.2, 0.25) is 0 Å². The van der Waals surface area contributed by atoms with Crippen molar-refractivity contribution in [3.8, 4) is 21.1 Å². The Balaban J connectivity index is 1.52. The molecule has 3 aromatic heterocycles. The first-order valence-corrected chi connectivity index (χ1v) is 10.8. The number of hydrogen-bond acceptors (Lipinski definition) is 7. The molecule has 4 heterocycles. The molecule has 28 heavy (non-hydrogen) atoms. The van der Waals surface area contributed by atoms with Crippen molar-refractivity contribution in [2.75, 3.05) is 6.61 Å². The minimum atomic E-state index is -0.927. The van der Waals surface area contributed by atoms with Crippen LogP contribution in [0, 0.1) is 6.92 Å². The number of thiophene rings is 1. The maximum Gasteiger partial charge on any atom is 0.336 e. The number of carboxylic acids is 1. The van der Waals surface area contributed by atoms with Crippen LogP contribution in [0.1, 0.15) is 40.3 Å². The lowest BCUT2D eigenvalue weighted by molar-refractivity contribution is -0.168. The Morgan fingerprint density at radius 3 is 2.93 bits per heavy atom. The molecule has 1 unspecified atom stereocenters. The Bertz CT molecular complexity index is 976. The molecular formula is C20H20N2O4S2. The van der Waals surface area contributed by atoms with E-state index in [2.05, 4.69) is 4.98 Å². The Kier molecular flexibility index (Phi) is 5.82. The van der Waals surface area contributed by atoms with Gasteiger partial charge < -0.3 is 14.6 Å². The highest BCUT2D eigenvalue weighted by Crippen LogP contribution is 2.32. The van der Waals surface area contributed by atoms with Crippen molar-refractivity contribution >= 4 is 28.6 Å². The largest absolute Gasteiger partial charge is 0.478 e. The van der Waals surface area contributed by atoms with Crippen LogP contribution in [0.25, 0.3) is 21.1 Å². The van der Waals surface area contributed by atoms with Crippen LogP contribution in [0.3, 0.4) is 0 Å². The van der Waals surface area contributed by atoms with Crippen molar-refractivity contribution < 1.29 is 19.4 Å². The maximum absolute atomic E-state index is 11.1. The van der Waals surface area contributed by atoms with Crippen molar-refractivity contribution in [1.29, 1.82) is 0 Å². The molecule has 0 aromatic carbocycles. The van der Waals surface area contributed by atoms with Crippen molar-refractivity contribution in [3.05, 3.63) is 45.9 Å². The minimum absolute atomic E-state index is 0.134. The molecule has 0 radical (unpaired) electrons. The number of carboxylic acid groups (broad SMARTS) is 1. The van der Waals surface area contributed by atoms with Gasteiger partial charge in [0, 0.05) is 12.0 Å². The van der Waals surface area contributed by atoms with Crippen LogP contribution in [0.15, 0.2) is 29.6 Å². The number of rotatable bonds is 6. The maximum atomic E-state index is 11.1. The molecule has 0 amide bonds. The highest BCUT2D eigenvalue weighted by atomic mass is 32.1. The summed E-state index contributed by atoms with van der Waals surface area (Å²) in [5.74, 6) is -0.927. The second kappa shape index (κ2) is 8.48. The first-order chi connectivity index (χ1) is 13.6. The van der Waals surface area contributed by atoms with E-state index >= 15 is 0 Å². The smallest absolute Gasteiger partial charge is 0.336 e. The average Bonchev–Trinajstić information content (AvgIpc) is 3.34. The van der Waals surface area contributed by atoms with Gasteiger partial charge in [-0.2, -0.15) is 0 Å². The van der Waals surface area contributed by atoms with Crippen LogP contribution in [0.4, 0.5) is 0 Å². The molecule has 4 rings (SSSR count). The molecule has 1 saturated heterocycles. The molecule has 1 aliphatic rings. The number of hydrogen-bond donors (Lipinski definition) is 1. The van der Waals surface area contributed by atoms with E-state index < -0.39 is 5.97 Å². The van der Waals surface area contributed by atoms with E-state index in [0.29, 0.717) is 6.61 Å². The lowest BCUT2D eigenvalue weighted by Crippen LogP contribution is -2.21. The normalized spacial score (nSPS) is 17.0. The molecule has 146 valence electrons. The molecule has 3 aromatic rings. The third-order valence-corrected chi connectivity index (χ3v) is 6.56. The van der Waals surface area contributed by atoms with Crippen LogP contribution in [0.5, 0.6) is 0 Å². The van der Waals surface area contributed by atoms with Crippen molar-refractivity contribution in [2.45, 2.75) is 39.1 Å². The Morgan fingerprint density at radius 2 is 2.18 bits per heavy atom. The van der Waals surface area contributed by atoms with Gasteiger partial charge in [0.25, 0.3) is 0 Å². The van der Waals surface area contributed by atoms with Crippen molar-refractivity contribution in [1.82, 2.24) is 9.97 Å². The van der Waals surface area contributed by atoms with Crippen LogP contribution >= 0.6 is 22.7 Å². The standard InChI is InChI=1S/C20H20N2O4S2/c1-12-19(28-17(21-12)10-26-18-7-2-3-8-25-18)15-6-4-5-14(22-15)16-9-13(11-27-16)20(23)24/h4-6,9,11,18H,2-3,7-8,10H2,1H3,(H,23,24). The zero-order chi connectivity index (χ0) is 19.5. The first-order valence-electron chi connectivity index (χ1n) is 9.09. The van der Waals surface area contributed by atoms with E-state index in [1.54, 1.807) is 22.8 Å². The molecule has 8 heteroatoms.